The molecule has 0 N–H and O–H groups in total. The van der Waals surface area contributed by atoms with Crippen LogP contribution in [0, 0.1) is 0 Å². The van der Waals surface area contributed by atoms with Crippen molar-refractivity contribution in [1.29, 1.82) is 0 Å². The largest absolute Gasteiger partial charge is 0.377 e. The molecular weight excluding hydrogens is 112 g/mol. The first-order chi connectivity index (χ1) is 4.27. The van der Waals surface area contributed by atoms with E-state index in [4.69, 9.17) is 0 Å². The van der Waals surface area contributed by atoms with Crippen LogP contribution >= 0.6 is 0 Å². The van der Waals surface area contributed by atoms with E-state index in [1.165, 1.54) is 18.8 Å². The molecule has 2 nitrogen and oxygen atoms in total. The van der Waals surface area contributed by atoms with E-state index in [0.29, 0.717) is 0 Å². The number of hydrogen-bond acceptors (Lipinski definition) is 2. The summed E-state index contributed by atoms with van der Waals surface area (Å²) in [6, 6.07) is 0.847. The zero-order chi connectivity index (χ0) is 6.43. The van der Waals surface area contributed by atoms with Crippen LogP contribution in [0.4, 0.5) is 0 Å². The third kappa shape index (κ3) is 0.696. The van der Waals surface area contributed by atoms with E-state index < -0.39 is 0 Å². The van der Waals surface area contributed by atoms with Gasteiger partial charge >= 0.3 is 0 Å². The SMILES string of the molecule is CC1=CN(C)CC2CN12. The normalized spacial score (nSPS) is 31.8. The topological polar surface area (TPSA) is 6.25 Å². The van der Waals surface area contributed by atoms with Gasteiger partial charge in [-0.05, 0) is 6.92 Å². The van der Waals surface area contributed by atoms with Crippen LogP contribution < -0.4 is 0 Å². The summed E-state index contributed by atoms with van der Waals surface area (Å²) in [5.41, 5.74) is 1.42. The van der Waals surface area contributed by atoms with Crippen LogP contribution in [0.25, 0.3) is 0 Å². The maximum atomic E-state index is 2.43. The Morgan fingerprint density at radius 3 is 3.00 bits per heavy atom. The van der Waals surface area contributed by atoms with Crippen LogP contribution in [0.2, 0.25) is 0 Å². The fourth-order valence-corrected chi connectivity index (χ4v) is 1.55. The summed E-state index contributed by atoms with van der Waals surface area (Å²) < 4.78 is 0. The molecule has 0 radical (unpaired) electrons. The Bertz CT molecular complexity index is 162. The second kappa shape index (κ2) is 1.43. The van der Waals surface area contributed by atoms with Crippen LogP contribution in [0.5, 0.6) is 0 Å². The van der Waals surface area contributed by atoms with Gasteiger partial charge in [-0.3, -0.25) is 0 Å². The Morgan fingerprint density at radius 2 is 2.33 bits per heavy atom. The van der Waals surface area contributed by atoms with Crippen LogP contribution in [-0.4, -0.2) is 36.0 Å². The number of rotatable bonds is 0. The van der Waals surface area contributed by atoms with Crippen molar-refractivity contribution in [3.63, 3.8) is 0 Å². The summed E-state index contributed by atoms with van der Waals surface area (Å²) in [7, 11) is 2.14. The first kappa shape index (κ1) is 5.15. The molecule has 2 aliphatic rings. The van der Waals surface area contributed by atoms with Gasteiger partial charge in [0.15, 0.2) is 0 Å². The van der Waals surface area contributed by atoms with E-state index in [0.717, 1.165) is 6.04 Å². The Hall–Kier alpha value is -0.660. The average molecular weight is 124 g/mol. The minimum absolute atomic E-state index is 0.847. The summed E-state index contributed by atoms with van der Waals surface area (Å²) in [4.78, 5) is 4.70. The van der Waals surface area contributed by atoms with Crippen LogP contribution in [-0.2, 0) is 0 Å². The summed E-state index contributed by atoms with van der Waals surface area (Å²) in [5, 5.41) is 0. The molecule has 1 atom stereocenters. The van der Waals surface area contributed by atoms with Crippen molar-refractivity contribution in [2.75, 3.05) is 20.1 Å². The van der Waals surface area contributed by atoms with Gasteiger partial charge in [0.25, 0.3) is 0 Å². The van der Waals surface area contributed by atoms with Gasteiger partial charge in [0.1, 0.15) is 0 Å². The molecule has 0 aromatic carbocycles. The molecular formula is C7H12N2. The molecule has 1 fully saturated rings. The Balaban J connectivity index is 2.18. The minimum atomic E-state index is 0.847. The smallest absolute Gasteiger partial charge is 0.0638 e. The molecule has 1 saturated heterocycles. The highest BCUT2D eigenvalue weighted by atomic mass is 15.4. The minimum Gasteiger partial charge on any atom is -0.377 e. The highest BCUT2D eigenvalue weighted by Crippen LogP contribution is 2.28. The molecule has 0 saturated carbocycles. The van der Waals surface area contributed by atoms with Crippen molar-refractivity contribution in [3.8, 4) is 0 Å². The molecule has 0 bridgehead atoms. The predicted octanol–water partition coefficient (Wildman–Crippen LogP) is 0.477. The van der Waals surface area contributed by atoms with Gasteiger partial charge < -0.3 is 9.80 Å². The number of hydrogen-bond donors (Lipinski definition) is 0. The highest BCUT2D eigenvalue weighted by molar-refractivity contribution is 5.13. The number of allylic oxidation sites excluding steroid dienone is 1. The van der Waals surface area contributed by atoms with Crippen molar-refractivity contribution >= 4 is 0 Å². The third-order valence-corrected chi connectivity index (χ3v) is 2.07. The van der Waals surface area contributed by atoms with Crippen molar-refractivity contribution in [2.24, 2.45) is 0 Å². The Kier molecular flexibility index (Phi) is 0.821. The van der Waals surface area contributed by atoms with Crippen LogP contribution in [0.3, 0.4) is 0 Å². The maximum absolute atomic E-state index is 2.43. The quantitative estimate of drug-likeness (QED) is 0.433. The summed E-state index contributed by atoms with van der Waals surface area (Å²) in [6.45, 7) is 4.68. The summed E-state index contributed by atoms with van der Waals surface area (Å²) >= 11 is 0. The molecule has 0 aromatic rings. The highest BCUT2D eigenvalue weighted by Gasteiger charge is 2.37. The van der Waals surface area contributed by atoms with Gasteiger partial charge in [-0.2, -0.15) is 0 Å². The molecule has 2 heterocycles. The fraction of sp³-hybridized carbons (Fsp3) is 0.714. The lowest BCUT2D eigenvalue weighted by Crippen LogP contribution is -2.24. The lowest BCUT2D eigenvalue weighted by Gasteiger charge is -2.21. The fourth-order valence-electron chi connectivity index (χ4n) is 1.55. The van der Waals surface area contributed by atoms with Gasteiger partial charge in [0.05, 0.1) is 6.04 Å². The van der Waals surface area contributed by atoms with E-state index in [1.54, 1.807) is 0 Å². The predicted molar refractivity (Wildman–Crippen MR) is 36.9 cm³/mol. The van der Waals surface area contributed by atoms with E-state index in [9.17, 15) is 0 Å². The van der Waals surface area contributed by atoms with Gasteiger partial charge in [0, 0.05) is 32.0 Å². The molecule has 2 rings (SSSR count). The van der Waals surface area contributed by atoms with Crippen molar-refractivity contribution in [1.82, 2.24) is 9.80 Å². The molecule has 2 aliphatic heterocycles. The monoisotopic (exact) mass is 124 g/mol. The first-order valence-corrected chi connectivity index (χ1v) is 3.42. The lowest BCUT2D eigenvalue weighted by atomic mass is 10.3. The second-order valence-corrected chi connectivity index (χ2v) is 3.02. The zero-order valence-corrected chi connectivity index (χ0v) is 5.96. The lowest BCUT2D eigenvalue weighted by molar-refractivity contribution is 0.384. The Labute approximate surface area is 55.7 Å². The maximum Gasteiger partial charge on any atom is 0.0638 e. The molecule has 2 heteroatoms. The summed E-state index contributed by atoms with van der Waals surface area (Å²) in [5.74, 6) is 0. The first-order valence-electron chi connectivity index (χ1n) is 3.42. The summed E-state index contributed by atoms with van der Waals surface area (Å²) in [6.07, 6.45) is 2.21. The second-order valence-electron chi connectivity index (χ2n) is 3.02. The molecule has 1 unspecified atom stereocenters. The molecule has 0 aliphatic carbocycles. The molecule has 0 spiro atoms. The van der Waals surface area contributed by atoms with Crippen LogP contribution in [0.15, 0.2) is 11.9 Å². The van der Waals surface area contributed by atoms with Gasteiger partial charge in [0.2, 0.25) is 0 Å². The molecule has 9 heavy (non-hydrogen) atoms. The van der Waals surface area contributed by atoms with Crippen molar-refractivity contribution in [3.05, 3.63) is 11.9 Å². The van der Waals surface area contributed by atoms with E-state index >= 15 is 0 Å². The molecule has 50 valence electrons. The van der Waals surface area contributed by atoms with E-state index in [1.807, 2.05) is 0 Å². The number of likely N-dealkylation sites (N-methyl/N-ethyl adjacent to an activating group) is 1. The van der Waals surface area contributed by atoms with E-state index in [2.05, 4.69) is 30.0 Å². The standard InChI is InChI=1S/C7H12N2/c1-6-3-8(2)4-7-5-9(6)7/h3,7H,4-5H2,1-2H3. The number of nitrogens with zero attached hydrogens (tertiary/aromatic N) is 2. The number of fused-ring (bicyclic) bond motifs is 1. The van der Waals surface area contributed by atoms with Gasteiger partial charge in [-0.15, -0.1) is 0 Å². The van der Waals surface area contributed by atoms with E-state index in [-0.39, 0.29) is 0 Å². The third-order valence-electron chi connectivity index (χ3n) is 2.07. The average Bonchev–Trinajstić information content (AvgIpc) is 2.43. The van der Waals surface area contributed by atoms with Gasteiger partial charge in [-0.25, -0.2) is 0 Å². The Morgan fingerprint density at radius 1 is 1.56 bits per heavy atom. The van der Waals surface area contributed by atoms with Crippen molar-refractivity contribution < 1.29 is 0 Å². The van der Waals surface area contributed by atoms with Crippen molar-refractivity contribution in [2.45, 2.75) is 13.0 Å². The molecule has 0 aromatic heterocycles. The molecule has 0 amide bonds. The zero-order valence-electron chi connectivity index (χ0n) is 5.96. The van der Waals surface area contributed by atoms with Crippen LogP contribution in [0.1, 0.15) is 6.92 Å². The van der Waals surface area contributed by atoms with Gasteiger partial charge in [-0.1, -0.05) is 0 Å².